The van der Waals surface area contributed by atoms with Crippen LogP contribution in [0.5, 0.6) is 5.75 Å². The molecule has 2 aliphatic rings. The van der Waals surface area contributed by atoms with Crippen molar-refractivity contribution < 1.29 is 32.6 Å². The Kier molecular flexibility index (Phi) is 8.84. The summed E-state index contributed by atoms with van der Waals surface area (Å²) in [5.74, 6) is -0.177. The summed E-state index contributed by atoms with van der Waals surface area (Å²) >= 11 is 0. The van der Waals surface area contributed by atoms with E-state index in [9.17, 15) is 14.0 Å². The van der Waals surface area contributed by atoms with Gasteiger partial charge in [0.1, 0.15) is 11.7 Å². The van der Waals surface area contributed by atoms with Gasteiger partial charge in [0.25, 0.3) is 0 Å². The van der Waals surface area contributed by atoms with E-state index in [0.29, 0.717) is 31.9 Å². The maximum atomic E-state index is 14.9. The average molecular weight is 539 g/mol. The largest absolute Gasteiger partial charge is 0.490 e. The van der Waals surface area contributed by atoms with E-state index in [-0.39, 0.29) is 22.8 Å². The normalized spacial score (nSPS) is 20.0. The van der Waals surface area contributed by atoms with Crippen LogP contribution in [0, 0.1) is 11.7 Å². The molecule has 0 aromatic heterocycles. The Morgan fingerprint density at radius 3 is 2.32 bits per heavy atom. The van der Waals surface area contributed by atoms with Crippen molar-refractivity contribution in [2.75, 3.05) is 31.1 Å². The second-order valence-electron chi connectivity index (χ2n) is 12.8. The number of anilines is 1. The van der Waals surface area contributed by atoms with Crippen LogP contribution in [0.4, 0.5) is 19.7 Å². The van der Waals surface area contributed by atoms with Crippen LogP contribution in [0.3, 0.4) is 0 Å². The maximum absolute atomic E-state index is 14.9. The van der Waals surface area contributed by atoms with Crippen LogP contribution in [-0.2, 0) is 13.9 Å². The van der Waals surface area contributed by atoms with Crippen molar-refractivity contribution in [3.8, 4) is 5.75 Å². The van der Waals surface area contributed by atoms with Crippen LogP contribution in [0.2, 0.25) is 5.04 Å². The number of amides is 2. The fraction of sp³-hybridized carbons (Fsp3) is 0.704. The molecule has 2 fully saturated rings. The second kappa shape index (κ2) is 11.2. The van der Waals surface area contributed by atoms with Gasteiger partial charge >= 0.3 is 12.2 Å². The summed E-state index contributed by atoms with van der Waals surface area (Å²) in [6, 6.07) is 4.53. The van der Waals surface area contributed by atoms with Gasteiger partial charge in [-0.25, -0.2) is 14.0 Å². The van der Waals surface area contributed by atoms with Crippen molar-refractivity contribution in [2.24, 2.45) is 5.92 Å². The van der Waals surface area contributed by atoms with Crippen molar-refractivity contribution in [1.82, 2.24) is 4.90 Å². The number of piperidine rings is 1. The zero-order valence-corrected chi connectivity index (χ0v) is 25.0. The van der Waals surface area contributed by atoms with E-state index >= 15 is 0 Å². The van der Waals surface area contributed by atoms with Gasteiger partial charge < -0.3 is 23.5 Å². The highest BCUT2D eigenvalue weighted by Gasteiger charge is 2.43. The van der Waals surface area contributed by atoms with Gasteiger partial charge in [-0.3, -0.25) is 4.90 Å². The molecule has 1 atom stereocenters. The van der Waals surface area contributed by atoms with Gasteiger partial charge in [0.15, 0.2) is 21.3 Å². The number of hydrogen-bond acceptors (Lipinski definition) is 6. The lowest BCUT2D eigenvalue weighted by Gasteiger charge is -2.33. The van der Waals surface area contributed by atoms with E-state index in [1.54, 1.807) is 17.0 Å². The van der Waals surface area contributed by atoms with Crippen molar-refractivity contribution in [2.45, 2.75) is 90.6 Å². The minimum atomic E-state index is -0.838. The van der Waals surface area contributed by atoms with Crippen LogP contribution in [0.15, 0.2) is 18.2 Å². The Morgan fingerprint density at radius 1 is 1.11 bits per heavy atom. The number of likely N-dealkylation sites (tertiary alicyclic amines) is 1. The molecular weight excluding hydrogens is 495 g/mol. The average Bonchev–Trinajstić information content (AvgIpc) is 3.18. The molecule has 37 heavy (non-hydrogen) atoms. The zero-order valence-electron chi connectivity index (χ0n) is 23.6. The van der Waals surface area contributed by atoms with Crippen molar-refractivity contribution >= 4 is 27.6 Å². The summed E-state index contributed by atoms with van der Waals surface area (Å²) in [4.78, 5) is 28.0. The first-order valence-corrected chi connectivity index (χ1v) is 14.3. The lowest BCUT2D eigenvalue weighted by Crippen LogP contribution is -2.43. The molecule has 0 N–H and O–H groups in total. The maximum Gasteiger partial charge on any atom is 0.414 e. The molecule has 0 saturated carbocycles. The van der Waals surface area contributed by atoms with Crippen molar-refractivity contribution in [3.05, 3.63) is 24.0 Å². The number of halogens is 1. The molecule has 3 rings (SSSR count). The number of hydrogen-bond donors (Lipinski definition) is 0. The number of benzene rings is 1. The molecule has 0 spiro atoms. The van der Waals surface area contributed by atoms with Crippen LogP contribution in [-0.4, -0.2) is 70.4 Å². The summed E-state index contributed by atoms with van der Waals surface area (Å²) < 4.78 is 37.9. The monoisotopic (exact) mass is 538 g/mol. The van der Waals surface area contributed by atoms with Crippen molar-refractivity contribution in [3.63, 3.8) is 0 Å². The zero-order chi connectivity index (χ0) is 27.6. The van der Waals surface area contributed by atoms with Gasteiger partial charge in [-0.2, -0.15) is 0 Å². The Hall–Kier alpha value is -2.33. The summed E-state index contributed by atoms with van der Waals surface area (Å²) in [6.45, 7) is 17.6. The Labute approximate surface area is 222 Å². The van der Waals surface area contributed by atoms with Gasteiger partial charge in [0, 0.05) is 19.2 Å². The minimum absolute atomic E-state index is 0.119. The van der Waals surface area contributed by atoms with E-state index in [2.05, 4.69) is 20.8 Å². The molecule has 2 saturated heterocycles. The first-order valence-electron chi connectivity index (χ1n) is 13.1. The van der Waals surface area contributed by atoms with E-state index < -0.39 is 39.0 Å². The summed E-state index contributed by atoms with van der Waals surface area (Å²) in [7, 11) is -0.838. The lowest BCUT2D eigenvalue weighted by atomic mass is 9.98. The fourth-order valence-electron chi connectivity index (χ4n) is 4.12. The minimum Gasteiger partial charge on any atom is -0.490 e. The third-order valence-electron chi connectivity index (χ3n) is 6.43. The van der Waals surface area contributed by atoms with Crippen LogP contribution < -0.4 is 9.64 Å². The third-order valence-corrected chi connectivity index (χ3v) is 8.19. The van der Waals surface area contributed by atoms with Gasteiger partial charge in [-0.15, -0.1) is 0 Å². The van der Waals surface area contributed by atoms with Crippen molar-refractivity contribution in [1.29, 1.82) is 0 Å². The molecule has 8 nitrogen and oxygen atoms in total. The predicted octanol–water partition coefficient (Wildman–Crippen LogP) is 5.27. The topological polar surface area (TPSA) is 77.5 Å². The highest BCUT2D eigenvalue weighted by molar-refractivity contribution is 6.31. The smallest absolute Gasteiger partial charge is 0.414 e. The number of carbonyl (C=O) groups excluding carboxylic acids is 2. The molecule has 2 aliphatic heterocycles. The van der Waals surface area contributed by atoms with Crippen LogP contribution >= 0.6 is 0 Å². The van der Waals surface area contributed by atoms with Gasteiger partial charge in [0.2, 0.25) is 0 Å². The highest BCUT2D eigenvalue weighted by Crippen LogP contribution is 2.33. The summed E-state index contributed by atoms with van der Waals surface area (Å²) in [5.41, 5.74) is -0.720. The molecule has 0 unspecified atom stereocenters. The molecule has 10 heteroatoms. The van der Waals surface area contributed by atoms with Crippen LogP contribution in [0.25, 0.3) is 0 Å². The number of cyclic esters (lactones) is 1. The predicted molar refractivity (Wildman–Crippen MR) is 143 cm³/mol. The molecule has 2 amide bonds. The van der Waals surface area contributed by atoms with Gasteiger partial charge in [-0.1, -0.05) is 20.8 Å². The summed E-state index contributed by atoms with van der Waals surface area (Å²) in [5, 5.41) is 0.119. The quantitative estimate of drug-likeness (QED) is 0.440. The molecule has 2 heterocycles. The first kappa shape index (κ1) is 29.2. The standard InChI is InChI=1S/C27H43FN2O6Si/c1-25(2,3)35-23(31)29-13-11-18(12-14-29)17-33-21-10-9-19(15-20(21)28)30-16-22(34-24(30)32)27(7,8)36-37-26(4,5)6/h9-10,15,18,22H,11-14,16-17,37H2,1-8H3/t22-/m1/s1. The Balaban J connectivity index is 1.52. The molecule has 1 aromatic rings. The first-order chi connectivity index (χ1) is 17.0. The third kappa shape index (κ3) is 8.33. The number of rotatable bonds is 7. The number of nitrogens with zero attached hydrogens (tertiary/aromatic N) is 2. The van der Waals surface area contributed by atoms with E-state index in [1.807, 2.05) is 34.6 Å². The van der Waals surface area contributed by atoms with Gasteiger partial charge in [-0.05, 0) is 70.5 Å². The SMILES string of the molecule is CC(C)(C)OC(=O)N1CCC(COc2ccc(N3C[C@H](C(C)(C)O[SiH2]C(C)(C)C)OC3=O)cc2F)CC1. The van der Waals surface area contributed by atoms with E-state index in [0.717, 1.165) is 12.8 Å². The van der Waals surface area contributed by atoms with Gasteiger partial charge in [0.05, 0.1) is 24.4 Å². The molecule has 208 valence electrons. The molecule has 0 radical (unpaired) electrons. The summed E-state index contributed by atoms with van der Waals surface area (Å²) in [6.07, 6.45) is 0.262. The molecule has 1 aromatic carbocycles. The lowest BCUT2D eigenvalue weighted by molar-refractivity contribution is -0.0133. The number of carbonyl (C=O) groups is 2. The molecule has 0 bridgehead atoms. The highest BCUT2D eigenvalue weighted by atomic mass is 28.2. The second-order valence-corrected chi connectivity index (χ2v) is 15.5. The van der Waals surface area contributed by atoms with Crippen LogP contribution in [0.1, 0.15) is 68.2 Å². The molecule has 0 aliphatic carbocycles. The Morgan fingerprint density at radius 2 is 1.76 bits per heavy atom. The van der Waals surface area contributed by atoms with E-state index in [4.69, 9.17) is 18.6 Å². The van der Waals surface area contributed by atoms with E-state index in [1.165, 1.54) is 11.0 Å². The fourth-order valence-corrected chi connectivity index (χ4v) is 5.11. The Bertz CT molecular complexity index is 967. The molecular formula is C27H43FN2O6Si. The number of ether oxygens (including phenoxy) is 3.